The minimum absolute atomic E-state index is 0.0318. The Hall–Kier alpha value is -1.51. The van der Waals surface area contributed by atoms with Gasteiger partial charge in [0.1, 0.15) is 5.75 Å². The van der Waals surface area contributed by atoms with Gasteiger partial charge in [0.05, 0.1) is 5.56 Å². The molecule has 0 radical (unpaired) electrons. The lowest BCUT2D eigenvalue weighted by atomic mass is 10.1. The molecule has 3 heteroatoms. The second-order valence-electron chi connectivity index (χ2n) is 3.21. The van der Waals surface area contributed by atoms with Gasteiger partial charge in [-0.2, -0.15) is 0 Å². The molecule has 13 heavy (non-hydrogen) atoms. The maximum Gasteiger partial charge on any atom is 0.153 e. The Labute approximate surface area is 77.6 Å². The summed E-state index contributed by atoms with van der Waals surface area (Å²) in [4.78, 5) is 12.4. The quantitative estimate of drug-likeness (QED) is 0.701. The average Bonchev–Trinajstić information content (AvgIpc) is 2.07. The first-order valence-corrected chi connectivity index (χ1v) is 4.02. The predicted molar refractivity (Wildman–Crippen MR) is 52.6 cm³/mol. The van der Waals surface area contributed by atoms with Crippen molar-refractivity contribution in [1.29, 1.82) is 0 Å². The number of carbonyl (C=O) groups excluding carboxylic acids is 1. The highest BCUT2D eigenvalue weighted by Gasteiger charge is 2.06. The van der Waals surface area contributed by atoms with Crippen molar-refractivity contribution in [2.45, 2.75) is 6.92 Å². The van der Waals surface area contributed by atoms with Crippen LogP contribution >= 0.6 is 0 Å². The molecule has 0 aliphatic carbocycles. The fourth-order valence-electron chi connectivity index (χ4n) is 1.28. The fraction of sp³-hybridized carbons (Fsp3) is 0.300. The molecule has 0 aromatic heterocycles. The molecule has 0 fully saturated rings. The molecule has 0 saturated heterocycles. The molecular weight excluding hydrogens is 166 g/mol. The monoisotopic (exact) mass is 179 g/mol. The third-order valence-electron chi connectivity index (χ3n) is 1.95. The van der Waals surface area contributed by atoms with Gasteiger partial charge in [-0.05, 0) is 18.6 Å². The highest BCUT2D eigenvalue weighted by atomic mass is 16.3. The normalized spacial score (nSPS) is 9.77. The standard InChI is InChI=1S/C10H13NO2/c1-7-4-8(6-12)10(13)5-9(7)11(2)3/h4-6,13H,1-3H3. The molecule has 1 aromatic rings. The summed E-state index contributed by atoms with van der Waals surface area (Å²) in [5.41, 5.74) is 2.23. The van der Waals surface area contributed by atoms with E-state index in [0.717, 1.165) is 11.3 Å². The van der Waals surface area contributed by atoms with Gasteiger partial charge in [-0.25, -0.2) is 0 Å². The van der Waals surface area contributed by atoms with Crippen molar-refractivity contribution in [1.82, 2.24) is 0 Å². The molecule has 0 aliphatic heterocycles. The van der Waals surface area contributed by atoms with Gasteiger partial charge in [0.15, 0.2) is 6.29 Å². The van der Waals surface area contributed by atoms with Crippen molar-refractivity contribution in [3.8, 4) is 5.75 Å². The lowest BCUT2D eigenvalue weighted by Crippen LogP contribution is -2.10. The van der Waals surface area contributed by atoms with E-state index in [1.54, 1.807) is 12.1 Å². The lowest BCUT2D eigenvalue weighted by Gasteiger charge is -2.16. The van der Waals surface area contributed by atoms with Gasteiger partial charge in [-0.3, -0.25) is 4.79 Å². The Kier molecular flexibility index (Phi) is 2.56. The molecule has 0 atom stereocenters. The summed E-state index contributed by atoms with van der Waals surface area (Å²) < 4.78 is 0. The van der Waals surface area contributed by atoms with E-state index in [2.05, 4.69) is 0 Å². The summed E-state index contributed by atoms with van der Waals surface area (Å²) in [5, 5.41) is 9.41. The van der Waals surface area contributed by atoms with Crippen LogP contribution in [0.15, 0.2) is 12.1 Å². The van der Waals surface area contributed by atoms with E-state index in [0.29, 0.717) is 11.8 Å². The van der Waals surface area contributed by atoms with Crippen LogP contribution in [0.5, 0.6) is 5.75 Å². The number of aromatic hydroxyl groups is 1. The third-order valence-corrected chi connectivity index (χ3v) is 1.95. The Balaban J connectivity index is 3.28. The molecule has 1 aromatic carbocycles. The molecule has 0 heterocycles. The number of rotatable bonds is 2. The van der Waals surface area contributed by atoms with Crippen molar-refractivity contribution in [2.24, 2.45) is 0 Å². The summed E-state index contributed by atoms with van der Waals surface area (Å²) in [6.07, 6.45) is 0.655. The minimum Gasteiger partial charge on any atom is -0.507 e. The van der Waals surface area contributed by atoms with Crippen LogP contribution in [0.1, 0.15) is 15.9 Å². The fourth-order valence-corrected chi connectivity index (χ4v) is 1.28. The topological polar surface area (TPSA) is 40.5 Å². The third kappa shape index (κ3) is 1.80. The van der Waals surface area contributed by atoms with Gasteiger partial charge in [0.2, 0.25) is 0 Å². The average molecular weight is 179 g/mol. The number of hydrogen-bond donors (Lipinski definition) is 1. The molecule has 70 valence electrons. The lowest BCUT2D eigenvalue weighted by molar-refractivity contribution is 0.112. The second-order valence-corrected chi connectivity index (χ2v) is 3.21. The van der Waals surface area contributed by atoms with Crippen LogP contribution in [-0.2, 0) is 0 Å². The van der Waals surface area contributed by atoms with Crippen LogP contribution in [0, 0.1) is 6.92 Å². The van der Waals surface area contributed by atoms with Crippen LogP contribution in [0.4, 0.5) is 5.69 Å². The first-order valence-electron chi connectivity index (χ1n) is 4.02. The van der Waals surface area contributed by atoms with E-state index in [9.17, 15) is 9.90 Å². The van der Waals surface area contributed by atoms with Crippen LogP contribution in [0.3, 0.4) is 0 Å². The highest BCUT2D eigenvalue weighted by Crippen LogP contribution is 2.26. The van der Waals surface area contributed by atoms with Crippen molar-refractivity contribution >= 4 is 12.0 Å². The van der Waals surface area contributed by atoms with E-state index >= 15 is 0 Å². The van der Waals surface area contributed by atoms with Crippen LogP contribution in [0.2, 0.25) is 0 Å². The Morgan fingerprint density at radius 3 is 2.46 bits per heavy atom. The van der Waals surface area contributed by atoms with Crippen LogP contribution in [0.25, 0.3) is 0 Å². The van der Waals surface area contributed by atoms with Crippen LogP contribution < -0.4 is 4.90 Å². The molecule has 0 aliphatic rings. The first-order chi connectivity index (χ1) is 6.06. The zero-order valence-corrected chi connectivity index (χ0v) is 8.03. The van der Waals surface area contributed by atoms with Crippen molar-refractivity contribution < 1.29 is 9.90 Å². The molecule has 0 amide bonds. The minimum atomic E-state index is 0.0318. The molecule has 0 bridgehead atoms. The number of nitrogens with zero attached hydrogens (tertiary/aromatic N) is 1. The number of hydrogen-bond acceptors (Lipinski definition) is 3. The number of aldehydes is 1. The van der Waals surface area contributed by atoms with Gasteiger partial charge >= 0.3 is 0 Å². The largest absolute Gasteiger partial charge is 0.507 e. The number of phenols is 1. The van der Waals surface area contributed by atoms with Crippen molar-refractivity contribution in [2.75, 3.05) is 19.0 Å². The maximum atomic E-state index is 10.5. The Morgan fingerprint density at radius 2 is 2.00 bits per heavy atom. The summed E-state index contributed by atoms with van der Waals surface area (Å²) in [6, 6.07) is 3.27. The number of benzene rings is 1. The number of carbonyl (C=O) groups is 1. The van der Waals surface area contributed by atoms with Gasteiger partial charge in [-0.15, -0.1) is 0 Å². The van der Waals surface area contributed by atoms with Gasteiger partial charge in [0.25, 0.3) is 0 Å². The van der Waals surface area contributed by atoms with Crippen molar-refractivity contribution in [3.05, 3.63) is 23.3 Å². The van der Waals surface area contributed by atoms with Gasteiger partial charge in [0, 0.05) is 25.8 Å². The molecule has 3 nitrogen and oxygen atoms in total. The van der Waals surface area contributed by atoms with E-state index in [-0.39, 0.29) is 5.75 Å². The van der Waals surface area contributed by atoms with Gasteiger partial charge < -0.3 is 10.0 Å². The zero-order chi connectivity index (χ0) is 10.0. The molecule has 0 spiro atoms. The van der Waals surface area contributed by atoms with Crippen molar-refractivity contribution in [3.63, 3.8) is 0 Å². The summed E-state index contributed by atoms with van der Waals surface area (Å²) >= 11 is 0. The summed E-state index contributed by atoms with van der Waals surface area (Å²) in [7, 11) is 3.78. The Morgan fingerprint density at radius 1 is 1.38 bits per heavy atom. The smallest absolute Gasteiger partial charge is 0.153 e. The van der Waals surface area contributed by atoms with Crippen LogP contribution in [-0.4, -0.2) is 25.5 Å². The Bertz CT molecular complexity index is 332. The van der Waals surface area contributed by atoms with E-state index in [4.69, 9.17) is 0 Å². The molecule has 0 saturated carbocycles. The number of phenolic OH excluding ortho intramolecular Hbond substituents is 1. The summed E-state index contributed by atoms with van der Waals surface area (Å²) in [5.74, 6) is 0.0318. The molecule has 0 unspecified atom stereocenters. The molecule has 1 N–H and O–H groups in total. The van der Waals surface area contributed by atoms with E-state index in [1.165, 1.54) is 0 Å². The summed E-state index contributed by atoms with van der Waals surface area (Å²) in [6.45, 7) is 1.90. The van der Waals surface area contributed by atoms with E-state index in [1.807, 2.05) is 25.9 Å². The van der Waals surface area contributed by atoms with E-state index < -0.39 is 0 Å². The predicted octanol–water partition coefficient (Wildman–Crippen LogP) is 1.58. The number of anilines is 1. The first kappa shape index (κ1) is 9.58. The molecular formula is C10H13NO2. The van der Waals surface area contributed by atoms with Gasteiger partial charge in [-0.1, -0.05) is 0 Å². The second kappa shape index (κ2) is 3.47. The zero-order valence-electron chi connectivity index (χ0n) is 8.03. The number of aryl methyl sites for hydroxylation is 1. The molecule has 1 rings (SSSR count). The highest BCUT2D eigenvalue weighted by molar-refractivity contribution is 5.81. The SMILES string of the molecule is Cc1cc(C=O)c(O)cc1N(C)C. The maximum absolute atomic E-state index is 10.5.